The number of aromatic nitrogens is 2. The summed E-state index contributed by atoms with van der Waals surface area (Å²) in [7, 11) is 0. The topological polar surface area (TPSA) is 52.5 Å². The van der Waals surface area contributed by atoms with Crippen molar-refractivity contribution in [3.05, 3.63) is 23.5 Å². The Kier molecular flexibility index (Phi) is 3.13. The lowest BCUT2D eigenvalue weighted by atomic mass is 9.86. The maximum absolute atomic E-state index is 6.33. The predicted molar refractivity (Wildman–Crippen MR) is 73.0 cm³/mol. The Labute approximate surface area is 111 Å². The number of thiazole rings is 1. The minimum absolute atomic E-state index is 0.0161. The molecule has 1 saturated heterocycles. The Morgan fingerprint density at radius 3 is 3.22 bits per heavy atom. The van der Waals surface area contributed by atoms with Gasteiger partial charge in [-0.15, -0.1) is 11.3 Å². The van der Waals surface area contributed by atoms with Crippen LogP contribution in [0.4, 0.5) is 0 Å². The number of nitrogens with zero attached hydrogens (tertiary/aromatic N) is 2. The van der Waals surface area contributed by atoms with Crippen LogP contribution < -0.4 is 5.73 Å². The fourth-order valence-corrected chi connectivity index (χ4v) is 3.28. The van der Waals surface area contributed by atoms with Crippen molar-refractivity contribution >= 4 is 16.3 Å². The van der Waals surface area contributed by atoms with E-state index >= 15 is 0 Å². The molecule has 3 rings (SSSR count). The summed E-state index contributed by atoms with van der Waals surface area (Å²) >= 11 is 1.65. The van der Waals surface area contributed by atoms with Gasteiger partial charge in [-0.05, 0) is 26.2 Å². The first kappa shape index (κ1) is 12.1. The van der Waals surface area contributed by atoms with Crippen molar-refractivity contribution in [2.45, 2.75) is 44.2 Å². The van der Waals surface area contributed by atoms with Gasteiger partial charge in [0.05, 0.1) is 11.3 Å². The fraction of sp³-hybridized carbons (Fsp3) is 0.615. The minimum Gasteiger partial charge on any atom is -0.374 e. The molecule has 0 spiro atoms. The van der Waals surface area contributed by atoms with Gasteiger partial charge in [0.15, 0.2) is 4.96 Å². The van der Waals surface area contributed by atoms with Gasteiger partial charge in [-0.3, -0.25) is 4.40 Å². The molecule has 2 aromatic heterocycles. The van der Waals surface area contributed by atoms with Gasteiger partial charge >= 0.3 is 0 Å². The normalized spacial score (nSPS) is 26.6. The number of ether oxygens (including phenoxy) is 1. The highest BCUT2D eigenvalue weighted by Crippen LogP contribution is 2.28. The Hall–Kier alpha value is -0.910. The summed E-state index contributed by atoms with van der Waals surface area (Å²) in [4.78, 5) is 5.62. The molecule has 1 aliphatic heterocycles. The first-order valence-corrected chi connectivity index (χ1v) is 7.36. The average Bonchev–Trinajstić information content (AvgIpc) is 2.90. The third-order valence-electron chi connectivity index (χ3n) is 3.86. The number of hydrogen-bond acceptors (Lipinski definition) is 4. The van der Waals surface area contributed by atoms with Crippen molar-refractivity contribution in [2.24, 2.45) is 5.73 Å². The van der Waals surface area contributed by atoms with Crippen LogP contribution in [0.2, 0.25) is 0 Å². The van der Waals surface area contributed by atoms with Crippen LogP contribution >= 0.6 is 11.3 Å². The highest BCUT2D eigenvalue weighted by molar-refractivity contribution is 7.15. The molecule has 18 heavy (non-hydrogen) atoms. The maximum atomic E-state index is 6.33. The monoisotopic (exact) mass is 265 g/mol. The van der Waals surface area contributed by atoms with Gasteiger partial charge in [0, 0.05) is 36.8 Å². The van der Waals surface area contributed by atoms with Crippen molar-refractivity contribution in [3.8, 4) is 0 Å². The third-order valence-corrected chi connectivity index (χ3v) is 4.63. The maximum Gasteiger partial charge on any atom is 0.193 e. The van der Waals surface area contributed by atoms with Gasteiger partial charge in [0.1, 0.15) is 0 Å². The van der Waals surface area contributed by atoms with E-state index in [9.17, 15) is 0 Å². The smallest absolute Gasteiger partial charge is 0.193 e. The summed E-state index contributed by atoms with van der Waals surface area (Å²) in [6.07, 6.45) is 8.30. The molecule has 0 aliphatic carbocycles. The highest BCUT2D eigenvalue weighted by Gasteiger charge is 2.34. The van der Waals surface area contributed by atoms with Crippen molar-refractivity contribution in [1.29, 1.82) is 0 Å². The summed E-state index contributed by atoms with van der Waals surface area (Å²) < 4.78 is 7.95. The second kappa shape index (κ2) is 4.64. The summed E-state index contributed by atoms with van der Waals surface area (Å²) in [6, 6.07) is 0.0161. The quantitative estimate of drug-likeness (QED) is 0.926. The van der Waals surface area contributed by atoms with E-state index in [0.717, 1.165) is 36.5 Å². The van der Waals surface area contributed by atoms with Gasteiger partial charge in [-0.1, -0.05) is 0 Å². The summed E-state index contributed by atoms with van der Waals surface area (Å²) in [5, 5.41) is 2.04. The van der Waals surface area contributed by atoms with E-state index in [1.165, 1.54) is 6.42 Å². The molecule has 2 N–H and O–H groups in total. The molecular weight excluding hydrogens is 246 g/mol. The zero-order valence-electron chi connectivity index (χ0n) is 10.6. The molecule has 1 aliphatic rings. The number of hydrogen-bond donors (Lipinski definition) is 1. The van der Waals surface area contributed by atoms with Gasteiger partial charge in [-0.2, -0.15) is 0 Å². The second-order valence-electron chi connectivity index (χ2n) is 5.25. The van der Waals surface area contributed by atoms with E-state index in [2.05, 4.69) is 22.5 Å². The first-order valence-electron chi connectivity index (χ1n) is 6.48. The summed E-state index contributed by atoms with van der Waals surface area (Å²) in [5.74, 6) is 0. The van der Waals surface area contributed by atoms with Crippen LogP contribution in [-0.2, 0) is 11.2 Å². The Balaban J connectivity index is 1.73. The molecule has 1 fully saturated rings. The fourth-order valence-electron chi connectivity index (χ4n) is 2.56. The molecule has 3 heterocycles. The number of imidazole rings is 1. The van der Waals surface area contributed by atoms with Crippen LogP contribution in [0, 0.1) is 0 Å². The molecule has 0 saturated carbocycles. The second-order valence-corrected chi connectivity index (χ2v) is 6.13. The molecule has 0 radical (unpaired) electrons. The molecule has 2 atom stereocenters. The van der Waals surface area contributed by atoms with E-state index < -0.39 is 0 Å². The summed E-state index contributed by atoms with van der Waals surface area (Å²) in [6.45, 7) is 2.97. The summed E-state index contributed by atoms with van der Waals surface area (Å²) in [5.41, 5.74) is 7.21. The van der Waals surface area contributed by atoms with Crippen LogP contribution in [0.3, 0.4) is 0 Å². The van der Waals surface area contributed by atoms with Crippen LogP contribution in [0.5, 0.6) is 0 Å². The molecule has 5 heteroatoms. The predicted octanol–water partition coefficient (Wildman–Crippen LogP) is 2.22. The van der Waals surface area contributed by atoms with Crippen molar-refractivity contribution in [3.63, 3.8) is 0 Å². The van der Waals surface area contributed by atoms with Crippen molar-refractivity contribution in [2.75, 3.05) is 6.61 Å². The van der Waals surface area contributed by atoms with E-state index in [1.54, 1.807) is 11.3 Å². The highest BCUT2D eigenvalue weighted by atomic mass is 32.1. The van der Waals surface area contributed by atoms with Crippen molar-refractivity contribution in [1.82, 2.24) is 9.38 Å². The minimum atomic E-state index is -0.185. The third kappa shape index (κ3) is 2.18. The lowest BCUT2D eigenvalue weighted by Crippen LogP contribution is -2.50. The van der Waals surface area contributed by atoms with E-state index in [1.807, 2.05) is 11.6 Å². The van der Waals surface area contributed by atoms with Crippen LogP contribution in [0.15, 0.2) is 17.8 Å². The van der Waals surface area contributed by atoms with Crippen LogP contribution in [-0.4, -0.2) is 27.6 Å². The molecule has 98 valence electrons. The number of nitrogens with two attached hydrogens (primary N) is 1. The molecular formula is C13H19N3OS. The van der Waals surface area contributed by atoms with Gasteiger partial charge < -0.3 is 10.5 Å². The Morgan fingerprint density at radius 2 is 2.50 bits per heavy atom. The van der Waals surface area contributed by atoms with E-state index in [-0.39, 0.29) is 11.6 Å². The molecule has 0 aromatic carbocycles. The zero-order valence-corrected chi connectivity index (χ0v) is 11.4. The van der Waals surface area contributed by atoms with Crippen molar-refractivity contribution < 1.29 is 4.74 Å². The van der Waals surface area contributed by atoms with Gasteiger partial charge in [0.25, 0.3) is 0 Å². The molecule has 0 bridgehead atoms. The lowest BCUT2D eigenvalue weighted by Gasteiger charge is -2.38. The molecule has 2 aromatic rings. The average molecular weight is 265 g/mol. The first-order chi connectivity index (χ1) is 8.67. The van der Waals surface area contributed by atoms with Crippen LogP contribution in [0.25, 0.3) is 4.96 Å². The van der Waals surface area contributed by atoms with Crippen LogP contribution in [0.1, 0.15) is 31.9 Å². The lowest BCUT2D eigenvalue weighted by molar-refractivity contribution is -0.0809. The Bertz CT molecular complexity index is 499. The Morgan fingerprint density at radius 1 is 1.61 bits per heavy atom. The van der Waals surface area contributed by atoms with E-state index in [4.69, 9.17) is 10.5 Å². The van der Waals surface area contributed by atoms with Gasteiger partial charge in [0.2, 0.25) is 0 Å². The van der Waals surface area contributed by atoms with Gasteiger partial charge in [-0.25, -0.2) is 4.98 Å². The largest absolute Gasteiger partial charge is 0.374 e. The number of fused-ring (bicyclic) bond motifs is 1. The SMILES string of the molecule is CC1(C(N)Cc2cn3ccsc3n2)CCCCO1. The van der Waals surface area contributed by atoms with E-state index in [0.29, 0.717) is 0 Å². The zero-order chi connectivity index (χ0) is 12.6. The standard InChI is InChI=1S/C13H19N3OS/c1-13(4-2-3-6-17-13)11(14)8-10-9-16-5-7-18-12(16)15-10/h5,7,9,11H,2-4,6,8,14H2,1H3. The molecule has 0 amide bonds. The molecule has 4 nitrogen and oxygen atoms in total. The molecule has 2 unspecified atom stereocenters. The number of rotatable bonds is 3.